The summed E-state index contributed by atoms with van der Waals surface area (Å²) in [5, 5.41) is 15.7. The molecule has 3 N–H and O–H groups in total. The Balaban J connectivity index is 1.55. The third kappa shape index (κ3) is 3.67. The summed E-state index contributed by atoms with van der Waals surface area (Å²) in [6.07, 6.45) is 2.79. The monoisotopic (exact) mass is 481 g/mol. The van der Waals surface area contributed by atoms with Crippen molar-refractivity contribution in [3.05, 3.63) is 83.9 Å². The van der Waals surface area contributed by atoms with Crippen LogP contribution in [0.1, 0.15) is 50.8 Å². The number of hydrogen-bond donors (Lipinski definition) is 2. The van der Waals surface area contributed by atoms with Crippen LogP contribution in [0, 0.1) is 5.82 Å². The van der Waals surface area contributed by atoms with Crippen molar-refractivity contribution in [1.29, 1.82) is 0 Å². The summed E-state index contributed by atoms with van der Waals surface area (Å²) in [6, 6.07) is 18.5. The number of fused-ring (bicyclic) bond motifs is 3. The van der Waals surface area contributed by atoms with Crippen LogP contribution in [0.15, 0.2) is 66.9 Å². The lowest BCUT2D eigenvalue weighted by Crippen LogP contribution is -2.58. The lowest BCUT2D eigenvalue weighted by atomic mass is 9.63. The van der Waals surface area contributed by atoms with Crippen molar-refractivity contribution in [2.75, 3.05) is 0 Å². The molecule has 0 bridgehead atoms. The zero-order valence-corrected chi connectivity index (χ0v) is 20.5. The minimum absolute atomic E-state index is 0.252. The Morgan fingerprint density at radius 2 is 1.75 bits per heavy atom. The Labute approximate surface area is 208 Å². The molecule has 2 aromatic carbocycles. The fourth-order valence-corrected chi connectivity index (χ4v) is 5.41. The summed E-state index contributed by atoms with van der Waals surface area (Å²) in [5.41, 5.74) is 11.2. The first-order valence-electron chi connectivity index (χ1n) is 12.2. The Morgan fingerprint density at radius 3 is 2.42 bits per heavy atom. The van der Waals surface area contributed by atoms with Gasteiger partial charge < -0.3 is 10.8 Å². The predicted octanol–water partition coefficient (Wildman–Crippen LogP) is 5.57. The number of pyridine rings is 1. The molecule has 3 heterocycles. The van der Waals surface area contributed by atoms with Crippen LogP contribution in [0.25, 0.3) is 39.1 Å². The van der Waals surface area contributed by atoms with Crippen LogP contribution in [-0.4, -0.2) is 30.3 Å². The van der Waals surface area contributed by atoms with Crippen LogP contribution in [0.5, 0.6) is 0 Å². The number of aromatic nitrogens is 4. The zero-order chi connectivity index (χ0) is 25.2. The lowest BCUT2D eigenvalue weighted by Gasteiger charge is -2.49. The van der Waals surface area contributed by atoms with Gasteiger partial charge in [0.25, 0.3) is 0 Å². The van der Waals surface area contributed by atoms with Crippen molar-refractivity contribution in [3.8, 4) is 22.4 Å². The van der Waals surface area contributed by atoms with Gasteiger partial charge in [-0.25, -0.2) is 14.4 Å². The number of halogens is 1. The molecule has 6 nitrogen and oxygen atoms in total. The van der Waals surface area contributed by atoms with Crippen LogP contribution in [0.2, 0.25) is 0 Å². The molecule has 1 fully saturated rings. The van der Waals surface area contributed by atoms with Crippen LogP contribution in [0.3, 0.4) is 0 Å². The summed E-state index contributed by atoms with van der Waals surface area (Å²) in [7, 11) is 0. The second kappa shape index (κ2) is 7.91. The van der Waals surface area contributed by atoms with E-state index < -0.39 is 11.1 Å². The molecule has 0 atom stereocenters. The summed E-state index contributed by atoms with van der Waals surface area (Å²) >= 11 is 0. The highest BCUT2D eigenvalue weighted by Gasteiger charge is 2.49. The van der Waals surface area contributed by atoms with Gasteiger partial charge in [0, 0.05) is 39.9 Å². The largest absolute Gasteiger partial charge is 0.390 e. The van der Waals surface area contributed by atoms with Gasteiger partial charge in [-0.2, -0.15) is 9.61 Å². The Hall–Kier alpha value is -3.68. The van der Waals surface area contributed by atoms with Gasteiger partial charge in [-0.05, 0) is 43.4 Å². The molecule has 0 amide bonds. The van der Waals surface area contributed by atoms with E-state index in [1.807, 2.05) is 49.4 Å². The molecular formula is C29H28FN5O. The van der Waals surface area contributed by atoms with Gasteiger partial charge in [0.1, 0.15) is 5.82 Å². The maximum Gasteiger partial charge on any atom is 0.165 e. The molecule has 182 valence electrons. The van der Waals surface area contributed by atoms with Gasteiger partial charge in [-0.15, -0.1) is 0 Å². The number of nitrogens with two attached hydrogens (primary N) is 1. The quantitative estimate of drug-likeness (QED) is 0.350. The van der Waals surface area contributed by atoms with E-state index in [0.717, 1.165) is 27.9 Å². The maximum atomic E-state index is 15.0. The van der Waals surface area contributed by atoms with Crippen molar-refractivity contribution < 1.29 is 9.50 Å². The summed E-state index contributed by atoms with van der Waals surface area (Å²) in [4.78, 5) is 9.61. The molecule has 1 aliphatic rings. The predicted molar refractivity (Wildman–Crippen MR) is 139 cm³/mol. The molecule has 0 aliphatic heterocycles. The van der Waals surface area contributed by atoms with Crippen molar-refractivity contribution in [2.24, 2.45) is 5.73 Å². The number of rotatable bonds is 4. The Morgan fingerprint density at radius 1 is 1.03 bits per heavy atom. The first kappa shape index (κ1) is 22.8. The standard InChI is InChI=1S/C29H28FN5O/c1-17(2)24-13-25-32-14-19-12-22(21-6-4-5-7-23(21)30)26(33-27(19)35(25)34-24)18-8-10-20(11-9-18)29(31)15-28(3,36)16-29/h4-14,17,36H,15-16,31H2,1-3H3/t28-,29-. The summed E-state index contributed by atoms with van der Waals surface area (Å²) in [5.74, 6) is -0.0633. The van der Waals surface area contributed by atoms with Crippen LogP contribution >= 0.6 is 0 Å². The number of hydrogen-bond acceptors (Lipinski definition) is 5. The van der Waals surface area contributed by atoms with Crippen molar-refractivity contribution in [3.63, 3.8) is 0 Å². The minimum Gasteiger partial charge on any atom is -0.390 e. The van der Waals surface area contributed by atoms with E-state index in [0.29, 0.717) is 35.3 Å². The molecule has 0 spiro atoms. The smallest absolute Gasteiger partial charge is 0.165 e. The average Bonchev–Trinajstić information content (AvgIpc) is 3.28. The number of aliphatic hydroxyl groups is 1. The lowest BCUT2D eigenvalue weighted by molar-refractivity contribution is -0.0738. The zero-order valence-electron chi connectivity index (χ0n) is 20.5. The minimum atomic E-state index is -0.733. The average molecular weight is 482 g/mol. The second-order valence-electron chi connectivity index (χ2n) is 10.6. The van der Waals surface area contributed by atoms with E-state index in [-0.39, 0.29) is 11.7 Å². The maximum absolute atomic E-state index is 15.0. The van der Waals surface area contributed by atoms with Crippen molar-refractivity contribution in [2.45, 2.75) is 50.7 Å². The molecule has 1 saturated carbocycles. The van der Waals surface area contributed by atoms with Gasteiger partial charge >= 0.3 is 0 Å². The molecule has 0 unspecified atom stereocenters. The highest BCUT2D eigenvalue weighted by Crippen LogP contribution is 2.46. The van der Waals surface area contributed by atoms with E-state index in [2.05, 4.69) is 18.8 Å². The fourth-order valence-electron chi connectivity index (χ4n) is 5.41. The fraction of sp³-hybridized carbons (Fsp3) is 0.276. The van der Waals surface area contributed by atoms with Gasteiger partial charge in [0.15, 0.2) is 11.3 Å². The number of benzene rings is 2. The topological polar surface area (TPSA) is 89.3 Å². The molecule has 36 heavy (non-hydrogen) atoms. The molecule has 1 aliphatic carbocycles. The van der Waals surface area contributed by atoms with Gasteiger partial charge in [-0.1, -0.05) is 56.3 Å². The van der Waals surface area contributed by atoms with Crippen molar-refractivity contribution >= 4 is 16.7 Å². The van der Waals surface area contributed by atoms with Crippen molar-refractivity contribution in [1.82, 2.24) is 19.6 Å². The third-order valence-electron chi connectivity index (χ3n) is 7.16. The highest BCUT2D eigenvalue weighted by atomic mass is 19.1. The molecule has 0 saturated heterocycles. The van der Waals surface area contributed by atoms with E-state index in [4.69, 9.17) is 15.8 Å². The van der Waals surface area contributed by atoms with E-state index in [1.165, 1.54) is 6.07 Å². The SMILES string of the molecule is CC(C)c1cc2ncc3cc(-c4ccccc4F)c(-c4ccc([C@]5(N)C[C@](C)(O)C5)cc4)nc3n2n1. The first-order valence-corrected chi connectivity index (χ1v) is 12.2. The Kier molecular flexibility index (Phi) is 5.00. The van der Waals surface area contributed by atoms with Crippen LogP contribution in [-0.2, 0) is 5.54 Å². The molecule has 6 rings (SSSR count). The van der Waals surface area contributed by atoms with E-state index >= 15 is 0 Å². The number of nitrogens with zero attached hydrogens (tertiary/aromatic N) is 4. The molecule has 5 aromatic rings. The van der Waals surface area contributed by atoms with Crippen LogP contribution in [0.4, 0.5) is 4.39 Å². The molecule has 7 heteroatoms. The van der Waals surface area contributed by atoms with Gasteiger partial charge in [0.05, 0.1) is 17.0 Å². The molecule has 0 radical (unpaired) electrons. The Bertz CT molecular complexity index is 1610. The molecule has 3 aromatic heterocycles. The van der Waals surface area contributed by atoms with Gasteiger partial charge in [0.2, 0.25) is 0 Å². The third-order valence-corrected chi connectivity index (χ3v) is 7.16. The summed E-state index contributed by atoms with van der Waals surface area (Å²) in [6.45, 7) is 5.99. The summed E-state index contributed by atoms with van der Waals surface area (Å²) < 4.78 is 16.7. The highest BCUT2D eigenvalue weighted by molar-refractivity contribution is 5.90. The second-order valence-corrected chi connectivity index (χ2v) is 10.6. The van der Waals surface area contributed by atoms with Gasteiger partial charge in [-0.3, -0.25) is 0 Å². The van der Waals surface area contributed by atoms with Crippen LogP contribution < -0.4 is 5.73 Å². The van der Waals surface area contributed by atoms with E-state index in [9.17, 15) is 9.50 Å². The normalized spacial score (nSPS) is 21.9. The first-order chi connectivity index (χ1) is 17.1. The van der Waals surface area contributed by atoms with E-state index in [1.54, 1.807) is 22.8 Å². The molecular weight excluding hydrogens is 453 g/mol.